The van der Waals surface area contributed by atoms with Gasteiger partial charge in [-0.15, -0.1) is 0 Å². The van der Waals surface area contributed by atoms with Gasteiger partial charge in [0.2, 0.25) is 11.8 Å². The third kappa shape index (κ3) is 3.35. The summed E-state index contributed by atoms with van der Waals surface area (Å²) in [7, 11) is 1.67. The van der Waals surface area contributed by atoms with Crippen LogP contribution in [-0.4, -0.2) is 71.8 Å². The van der Waals surface area contributed by atoms with E-state index >= 15 is 0 Å². The number of imide groups is 2. The maximum atomic E-state index is 13.2. The highest BCUT2D eigenvalue weighted by molar-refractivity contribution is 6.24. The van der Waals surface area contributed by atoms with Crippen LogP contribution in [-0.2, 0) is 20.9 Å². The van der Waals surface area contributed by atoms with Crippen molar-refractivity contribution in [3.05, 3.63) is 34.9 Å². The van der Waals surface area contributed by atoms with E-state index in [-0.39, 0.29) is 25.0 Å². The molecule has 4 rings (SSSR count). The van der Waals surface area contributed by atoms with E-state index < -0.39 is 29.7 Å². The maximum absolute atomic E-state index is 13.2. The highest BCUT2D eigenvalue weighted by atomic mass is 16.5. The number of benzene rings is 1. The van der Waals surface area contributed by atoms with E-state index in [2.05, 4.69) is 10.2 Å². The van der Waals surface area contributed by atoms with Crippen LogP contribution < -0.4 is 11.1 Å². The molecule has 0 aromatic heterocycles. The van der Waals surface area contributed by atoms with Gasteiger partial charge in [-0.1, -0.05) is 12.1 Å². The van der Waals surface area contributed by atoms with Crippen molar-refractivity contribution in [2.45, 2.75) is 44.0 Å². The zero-order valence-corrected chi connectivity index (χ0v) is 16.2. The lowest BCUT2D eigenvalue weighted by atomic mass is 10.0. The molecule has 0 saturated carbocycles. The molecule has 0 spiro atoms. The summed E-state index contributed by atoms with van der Waals surface area (Å²) >= 11 is 0. The molecular formula is C20H24N4O5. The molecule has 2 saturated heterocycles. The Kier molecular flexibility index (Phi) is 5.20. The van der Waals surface area contributed by atoms with Gasteiger partial charge in [0, 0.05) is 39.2 Å². The van der Waals surface area contributed by atoms with Gasteiger partial charge in [0.15, 0.2) is 0 Å². The molecule has 1 aromatic carbocycles. The van der Waals surface area contributed by atoms with Crippen LogP contribution in [0.15, 0.2) is 18.2 Å². The van der Waals surface area contributed by atoms with Gasteiger partial charge in [-0.3, -0.25) is 34.3 Å². The monoisotopic (exact) mass is 400 g/mol. The average Bonchev–Trinajstić information content (AvgIpc) is 3.21. The third-order valence-electron chi connectivity index (χ3n) is 6.02. The number of carbonyl (C=O) groups is 4. The Labute approximate surface area is 168 Å². The van der Waals surface area contributed by atoms with Crippen molar-refractivity contribution in [3.63, 3.8) is 0 Å². The molecule has 4 amide bonds. The number of carbonyl (C=O) groups excluding carboxylic acids is 4. The van der Waals surface area contributed by atoms with Crippen molar-refractivity contribution in [3.8, 4) is 0 Å². The van der Waals surface area contributed by atoms with Crippen LogP contribution in [0.3, 0.4) is 0 Å². The summed E-state index contributed by atoms with van der Waals surface area (Å²) in [5.74, 6) is -1.98. The zero-order valence-electron chi connectivity index (χ0n) is 16.2. The largest absolute Gasteiger partial charge is 0.380 e. The molecule has 3 atom stereocenters. The first kappa shape index (κ1) is 19.7. The first-order valence-electron chi connectivity index (χ1n) is 9.75. The maximum Gasteiger partial charge on any atom is 0.262 e. The van der Waals surface area contributed by atoms with Gasteiger partial charge in [-0.2, -0.15) is 0 Å². The van der Waals surface area contributed by atoms with Gasteiger partial charge in [-0.05, 0) is 24.5 Å². The van der Waals surface area contributed by atoms with Crippen LogP contribution in [0.1, 0.15) is 45.5 Å². The fraction of sp³-hybridized carbons (Fsp3) is 0.500. The molecule has 0 aliphatic carbocycles. The number of methoxy groups -OCH3 is 1. The molecule has 0 radical (unpaired) electrons. The first-order valence-corrected chi connectivity index (χ1v) is 9.75. The predicted molar refractivity (Wildman–Crippen MR) is 102 cm³/mol. The molecule has 0 bridgehead atoms. The van der Waals surface area contributed by atoms with E-state index in [0.29, 0.717) is 30.8 Å². The van der Waals surface area contributed by atoms with E-state index in [1.165, 1.54) is 0 Å². The summed E-state index contributed by atoms with van der Waals surface area (Å²) in [5, 5.41) is 2.21. The van der Waals surface area contributed by atoms with Crippen molar-refractivity contribution in [1.29, 1.82) is 0 Å². The van der Waals surface area contributed by atoms with Crippen LogP contribution in [0.2, 0.25) is 0 Å². The summed E-state index contributed by atoms with van der Waals surface area (Å²) in [6, 6.07) is 4.34. The molecule has 1 unspecified atom stereocenters. The zero-order chi connectivity index (χ0) is 20.7. The highest BCUT2D eigenvalue weighted by Gasteiger charge is 2.45. The number of fused-ring (bicyclic) bond motifs is 1. The molecule has 29 heavy (non-hydrogen) atoms. The summed E-state index contributed by atoms with van der Waals surface area (Å²) in [4.78, 5) is 52.9. The number of nitrogens with zero attached hydrogens (tertiary/aromatic N) is 2. The fourth-order valence-electron chi connectivity index (χ4n) is 4.48. The number of likely N-dealkylation sites (tertiary alicyclic amines) is 1. The van der Waals surface area contributed by atoms with Gasteiger partial charge < -0.3 is 10.5 Å². The lowest BCUT2D eigenvalue weighted by Gasteiger charge is -2.28. The molecule has 3 N–H and O–H groups in total. The van der Waals surface area contributed by atoms with Gasteiger partial charge in [0.05, 0.1) is 17.2 Å². The Hall–Kier alpha value is -2.62. The Bertz CT molecular complexity index is 886. The quantitative estimate of drug-likeness (QED) is 0.647. The first-order chi connectivity index (χ1) is 13.9. The Balaban J connectivity index is 1.61. The fourth-order valence-corrected chi connectivity index (χ4v) is 4.48. The summed E-state index contributed by atoms with van der Waals surface area (Å²) in [6.45, 7) is 1.64. The molecule has 9 nitrogen and oxygen atoms in total. The third-order valence-corrected chi connectivity index (χ3v) is 6.02. The van der Waals surface area contributed by atoms with Crippen LogP contribution >= 0.6 is 0 Å². The van der Waals surface area contributed by atoms with Gasteiger partial charge in [0.25, 0.3) is 11.8 Å². The molecule has 3 aliphatic heterocycles. The second-order valence-electron chi connectivity index (χ2n) is 7.70. The number of piperidine rings is 1. The van der Waals surface area contributed by atoms with Crippen molar-refractivity contribution >= 4 is 23.6 Å². The van der Waals surface area contributed by atoms with E-state index in [4.69, 9.17) is 10.5 Å². The minimum Gasteiger partial charge on any atom is -0.380 e. The van der Waals surface area contributed by atoms with Crippen LogP contribution in [0.25, 0.3) is 0 Å². The second-order valence-corrected chi connectivity index (χ2v) is 7.70. The number of nitrogens with two attached hydrogens (primary N) is 1. The van der Waals surface area contributed by atoms with Gasteiger partial charge in [-0.25, -0.2) is 0 Å². The van der Waals surface area contributed by atoms with E-state index in [1.807, 2.05) is 6.07 Å². The molecule has 154 valence electrons. The minimum atomic E-state index is -0.964. The lowest BCUT2D eigenvalue weighted by molar-refractivity contribution is -0.136. The van der Waals surface area contributed by atoms with Crippen LogP contribution in [0.5, 0.6) is 0 Å². The number of ether oxygens (including phenoxy) is 1. The number of rotatable bonds is 5. The minimum absolute atomic E-state index is 0.0811. The normalized spacial score (nSPS) is 27.5. The SMILES string of the molecule is CO[C@@H]1C[C@@H](CN)N(Cc2cccc3c2C(=O)N(C2CCC(=O)NC2=O)C3=O)C1. The second kappa shape index (κ2) is 7.66. The smallest absolute Gasteiger partial charge is 0.262 e. The van der Waals surface area contributed by atoms with Crippen molar-refractivity contribution in [2.75, 3.05) is 20.2 Å². The lowest BCUT2D eigenvalue weighted by Crippen LogP contribution is -2.54. The summed E-state index contributed by atoms with van der Waals surface area (Å²) in [6.07, 6.45) is 1.14. The topological polar surface area (TPSA) is 122 Å². The van der Waals surface area contributed by atoms with Crippen molar-refractivity contribution in [2.24, 2.45) is 5.73 Å². The van der Waals surface area contributed by atoms with Crippen LogP contribution in [0, 0.1) is 0 Å². The molecule has 2 fully saturated rings. The van der Waals surface area contributed by atoms with E-state index in [1.54, 1.807) is 19.2 Å². The van der Waals surface area contributed by atoms with Crippen molar-refractivity contribution < 1.29 is 23.9 Å². The van der Waals surface area contributed by atoms with Crippen LogP contribution in [0.4, 0.5) is 0 Å². The predicted octanol–water partition coefficient (Wildman–Crippen LogP) is -0.364. The molecular weight excluding hydrogens is 376 g/mol. The molecule has 3 heterocycles. The number of hydrogen-bond acceptors (Lipinski definition) is 7. The Morgan fingerprint density at radius 1 is 1.21 bits per heavy atom. The highest BCUT2D eigenvalue weighted by Crippen LogP contribution is 2.31. The van der Waals surface area contributed by atoms with E-state index in [9.17, 15) is 19.2 Å². The number of hydrogen-bond donors (Lipinski definition) is 2. The van der Waals surface area contributed by atoms with E-state index in [0.717, 1.165) is 16.9 Å². The standard InChI is InChI=1S/C20H24N4O5/c1-29-13-7-12(8-21)23(10-13)9-11-3-2-4-14-17(11)20(28)24(19(14)27)15-5-6-16(25)22-18(15)26/h2-4,12-13,15H,5-10,21H2,1H3,(H,22,25,26)/t12-,13+,15?/m0/s1. The molecule has 1 aromatic rings. The van der Waals surface area contributed by atoms with Crippen molar-refractivity contribution in [1.82, 2.24) is 15.1 Å². The Morgan fingerprint density at radius 2 is 2.00 bits per heavy atom. The molecule has 3 aliphatic rings. The summed E-state index contributed by atoms with van der Waals surface area (Å²) < 4.78 is 5.46. The van der Waals surface area contributed by atoms with Gasteiger partial charge >= 0.3 is 0 Å². The summed E-state index contributed by atoms with van der Waals surface area (Å²) in [5.41, 5.74) is 7.26. The average molecular weight is 400 g/mol. The number of amides is 4. The van der Waals surface area contributed by atoms with Gasteiger partial charge in [0.1, 0.15) is 6.04 Å². The molecule has 9 heteroatoms. The number of nitrogens with one attached hydrogen (secondary N) is 1. The Morgan fingerprint density at radius 3 is 2.69 bits per heavy atom.